The topological polar surface area (TPSA) is 32.7 Å². The molecule has 112 valence electrons. The number of nitrogens with zero attached hydrogens (tertiary/aromatic N) is 1. The number of β-amino-alcohol motifs (C(OH)–C–C–N with tert-alkyl or cyclic N) is 1. The van der Waals surface area contributed by atoms with Gasteiger partial charge in [0.25, 0.3) is 0 Å². The highest BCUT2D eigenvalue weighted by Gasteiger charge is 2.23. The van der Waals surface area contributed by atoms with Crippen molar-refractivity contribution < 1.29 is 9.84 Å². The largest absolute Gasteiger partial charge is 0.494 e. The number of hydrogen-bond acceptors (Lipinski definition) is 3. The Morgan fingerprint density at radius 1 is 1.30 bits per heavy atom. The average molecular weight is 277 g/mol. The minimum atomic E-state index is -0.397. The Morgan fingerprint density at radius 3 is 2.70 bits per heavy atom. The van der Waals surface area contributed by atoms with Crippen LogP contribution in [0.1, 0.15) is 44.8 Å². The molecular weight excluding hydrogens is 250 g/mol. The lowest BCUT2D eigenvalue weighted by Crippen LogP contribution is -2.26. The Hall–Kier alpha value is -1.06. The van der Waals surface area contributed by atoms with Gasteiger partial charge in [-0.1, -0.05) is 25.5 Å². The molecule has 0 aromatic heterocycles. The summed E-state index contributed by atoms with van der Waals surface area (Å²) < 4.78 is 5.42. The Morgan fingerprint density at radius 2 is 2.05 bits per heavy atom. The summed E-state index contributed by atoms with van der Waals surface area (Å²) in [4.78, 5) is 2.39. The van der Waals surface area contributed by atoms with Crippen LogP contribution in [0.4, 0.5) is 0 Å². The van der Waals surface area contributed by atoms with Gasteiger partial charge in [0.15, 0.2) is 0 Å². The zero-order valence-electron chi connectivity index (χ0n) is 12.7. The third-order valence-corrected chi connectivity index (χ3v) is 4.07. The standard InChI is InChI=1S/C17H27NO2/c1-3-5-14-10-11-18(12-14)13-17(19)15-6-8-16(9-7-15)20-4-2/h6-9,14,17,19H,3-5,10-13H2,1-2H3. The summed E-state index contributed by atoms with van der Waals surface area (Å²) in [5.74, 6) is 1.69. The summed E-state index contributed by atoms with van der Waals surface area (Å²) in [6, 6.07) is 7.81. The lowest BCUT2D eigenvalue weighted by atomic mass is 10.0. The number of benzene rings is 1. The summed E-state index contributed by atoms with van der Waals surface area (Å²) >= 11 is 0. The van der Waals surface area contributed by atoms with Crippen molar-refractivity contribution in [1.82, 2.24) is 4.90 Å². The average Bonchev–Trinajstić information content (AvgIpc) is 2.88. The summed E-state index contributed by atoms with van der Waals surface area (Å²) in [7, 11) is 0. The number of rotatable bonds is 7. The van der Waals surface area contributed by atoms with Crippen LogP contribution in [0.15, 0.2) is 24.3 Å². The molecule has 1 aromatic carbocycles. The first-order chi connectivity index (χ1) is 9.72. The Balaban J connectivity index is 1.84. The van der Waals surface area contributed by atoms with Crippen LogP contribution in [0, 0.1) is 5.92 Å². The maximum absolute atomic E-state index is 10.3. The normalized spacial score (nSPS) is 21.1. The number of aliphatic hydroxyl groups excluding tert-OH is 1. The van der Waals surface area contributed by atoms with Crippen LogP contribution in [0.3, 0.4) is 0 Å². The third kappa shape index (κ3) is 4.22. The van der Waals surface area contributed by atoms with E-state index in [1.165, 1.54) is 19.3 Å². The first-order valence-electron chi connectivity index (χ1n) is 7.86. The summed E-state index contributed by atoms with van der Waals surface area (Å²) in [5, 5.41) is 10.3. The van der Waals surface area contributed by atoms with E-state index in [-0.39, 0.29) is 0 Å². The van der Waals surface area contributed by atoms with E-state index in [1.807, 2.05) is 31.2 Å². The molecule has 3 nitrogen and oxygen atoms in total. The molecule has 0 spiro atoms. The smallest absolute Gasteiger partial charge is 0.119 e. The van der Waals surface area contributed by atoms with Crippen molar-refractivity contribution in [3.63, 3.8) is 0 Å². The van der Waals surface area contributed by atoms with Crippen molar-refractivity contribution in [2.24, 2.45) is 5.92 Å². The van der Waals surface area contributed by atoms with Gasteiger partial charge in [0.2, 0.25) is 0 Å². The molecule has 2 rings (SSSR count). The highest BCUT2D eigenvalue weighted by Crippen LogP contribution is 2.24. The van der Waals surface area contributed by atoms with E-state index >= 15 is 0 Å². The summed E-state index contributed by atoms with van der Waals surface area (Å²) in [6.45, 7) is 7.91. The minimum absolute atomic E-state index is 0.397. The van der Waals surface area contributed by atoms with Crippen LogP contribution < -0.4 is 4.74 Å². The molecule has 0 radical (unpaired) electrons. The highest BCUT2D eigenvalue weighted by atomic mass is 16.5. The highest BCUT2D eigenvalue weighted by molar-refractivity contribution is 5.28. The van der Waals surface area contributed by atoms with Crippen molar-refractivity contribution in [1.29, 1.82) is 0 Å². The van der Waals surface area contributed by atoms with E-state index in [0.29, 0.717) is 6.61 Å². The van der Waals surface area contributed by atoms with Gasteiger partial charge >= 0.3 is 0 Å². The fourth-order valence-corrected chi connectivity index (χ4v) is 3.03. The van der Waals surface area contributed by atoms with Crippen LogP contribution in [0.5, 0.6) is 5.75 Å². The summed E-state index contributed by atoms with van der Waals surface area (Å²) in [6.07, 6.45) is 3.46. The van der Waals surface area contributed by atoms with Crippen LogP contribution in [-0.4, -0.2) is 36.2 Å². The fraction of sp³-hybridized carbons (Fsp3) is 0.647. The van der Waals surface area contributed by atoms with Gasteiger partial charge in [-0.05, 0) is 49.9 Å². The van der Waals surface area contributed by atoms with Gasteiger partial charge in [-0.15, -0.1) is 0 Å². The molecule has 1 heterocycles. The second kappa shape index (κ2) is 7.65. The van der Waals surface area contributed by atoms with Crippen LogP contribution in [-0.2, 0) is 0 Å². The number of likely N-dealkylation sites (tertiary alicyclic amines) is 1. The van der Waals surface area contributed by atoms with Gasteiger partial charge in [-0.25, -0.2) is 0 Å². The predicted octanol–water partition coefficient (Wildman–Crippen LogP) is 3.24. The van der Waals surface area contributed by atoms with Gasteiger partial charge in [0, 0.05) is 13.1 Å². The SMILES string of the molecule is CCCC1CCN(CC(O)c2ccc(OCC)cc2)C1. The van der Waals surface area contributed by atoms with Gasteiger partial charge in [-0.3, -0.25) is 0 Å². The maximum Gasteiger partial charge on any atom is 0.119 e. The van der Waals surface area contributed by atoms with E-state index in [2.05, 4.69) is 11.8 Å². The Bertz CT molecular complexity index is 390. The lowest BCUT2D eigenvalue weighted by molar-refractivity contribution is 0.124. The second-order valence-electron chi connectivity index (χ2n) is 5.72. The molecule has 1 fully saturated rings. The molecule has 3 heteroatoms. The Labute approximate surface area is 122 Å². The molecule has 20 heavy (non-hydrogen) atoms. The lowest BCUT2D eigenvalue weighted by Gasteiger charge is -2.20. The van der Waals surface area contributed by atoms with E-state index < -0.39 is 6.10 Å². The number of aliphatic hydroxyl groups is 1. The van der Waals surface area contributed by atoms with E-state index in [4.69, 9.17) is 4.74 Å². The monoisotopic (exact) mass is 277 g/mol. The van der Waals surface area contributed by atoms with Crippen molar-refractivity contribution in [3.8, 4) is 5.75 Å². The fourth-order valence-electron chi connectivity index (χ4n) is 3.03. The number of ether oxygens (including phenoxy) is 1. The molecule has 1 aromatic rings. The molecule has 2 atom stereocenters. The second-order valence-corrected chi connectivity index (χ2v) is 5.72. The van der Waals surface area contributed by atoms with Crippen LogP contribution in [0.25, 0.3) is 0 Å². The first-order valence-corrected chi connectivity index (χ1v) is 7.86. The molecule has 0 saturated carbocycles. The van der Waals surface area contributed by atoms with Gasteiger partial charge in [0.1, 0.15) is 5.75 Å². The zero-order chi connectivity index (χ0) is 14.4. The third-order valence-electron chi connectivity index (χ3n) is 4.07. The van der Waals surface area contributed by atoms with E-state index in [9.17, 15) is 5.11 Å². The molecule has 1 aliphatic heterocycles. The Kier molecular flexibility index (Phi) is 5.86. The van der Waals surface area contributed by atoms with Gasteiger partial charge < -0.3 is 14.7 Å². The zero-order valence-corrected chi connectivity index (χ0v) is 12.7. The van der Waals surface area contributed by atoms with Gasteiger partial charge in [0.05, 0.1) is 12.7 Å². The number of hydrogen-bond donors (Lipinski definition) is 1. The first kappa shape index (κ1) is 15.3. The van der Waals surface area contributed by atoms with Crippen molar-refractivity contribution in [2.45, 2.75) is 39.2 Å². The molecule has 1 saturated heterocycles. The van der Waals surface area contributed by atoms with Crippen molar-refractivity contribution in [2.75, 3.05) is 26.2 Å². The molecule has 1 N–H and O–H groups in total. The van der Waals surface area contributed by atoms with Gasteiger partial charge in [-0.2, -0.15) is 0 Å². The quantitative estimate of drug-likeness (QED) is 0.830. The molecule has 1 aliphatic rings. The molecule has 0 bridgehead atoms. The summed E-state index contributed by atoms with van der Waals surface area (Å²) in [5.41, 5.74) is 0.979. The molecule has 0 amide bonds. The minimum Gasteiger partial charge on any atom is -0.494 e. The van der Waals surface area contributed by atoms with Crippen LogP contribution >= 0.6 is 0 Å². The molecule has 2 unspecified atom stereocenters. The van der Waals surface area contributed by atoms with Crippen molar-refractivity contribution in [3.05, 3.63) is 29.8 Å². The molecule has 0 aliphatic carbocycles. The van der Waals surface area contributed by atoms with E-state index in [0.717, 1.165) is 36.9 Å². The predicted molar refractivity (Wildman–Crippen MR) is 82.0 cm³/mol. The molecular formula is C17H27NO2. The van der Waals surface area contributed by atoms with Crippen LogP contribution in [0.2, 0.25) is 0 Å². The van der Waals surface area contributed by atoms with E-state index in [1.54, 1.807) is 0 Å². The van der Waals surface area contributed by atoms with Crippen molar-refractivity contribution >= 4 is 0 Å². The maximum atomic E-state index is 10.3.